The summed E-state index contributed by atoms with van der Waals surface area (Å²) in [6, 6.07) is 10.6. The highest BCUT2D eigenvalue weighted by atomic mass is 28.4. The Morgan fingerprint density at radius 2 is 0.721 bits per heavy atom. The van der Waals surface area contributed by atoms with Crippen molar-refractivity contribution in [1.82, 2.24) is 0 Å². The summed E-state index contributed by atoms with van der Waals surface area (Å²) < 4.78 is 244. The zero-order valence-electron chi connectivity index (χ0n) is 37.9. The third-order valence-electron chi connectivity index (χ3n) is 13.1. The Morgan fingerprint density at radius 1 is 0.441 bits per heavy atom. The topological polar surface area (TPSA) is 6.25 Å². The molecular weight excluding hydrogens is 940 g/mol. The van der Waals surface area contributed by atoms with Gasteiger partial charge in [-0.15, -0.1) is 16.4 Å². The van der Waals surface area contributed by atoms with Gasteiger partial charge in [0.25, 0.3) is 0 Å². The van der Waals surface area contributed by atoms with E-state index in [9.17, 15) is 13.2 Å². The average Bonchev–Trinajstić information content (AvgIpc) is 4.07. The number of anilines is 1. The molecule has 1 spiro atoms. The minimum Gasteiger partial charge on any atom is -0.310 e. The first-order valence-corrected chi connectivity index (χ1v) is 23.6. The van der Waals surface area contributed by atoms with Crippen LogP contribution < -0.4 is 21.0 Å². The van der Waals surface area contributed by atoms with E-state index in [1.807, 2.05) is 50.5 Å². The number of hydrogen-bond donors (Lipinski definition) is 0. The molecular formula is C49H42BF15N2Si. The van der Waals surface area contributed by atoms with Crippen molar-refractivity contribution in [3.05, 3.63) is 169 Å². The summed E-state index contributed by atoms with van der Waals surface area (Å²) in [6.45, 7) is 16.2. The third-order valence-corrected chi connectivity index (χ3v) is 16.5. The van der Waals surface area contributed by atoms with Crippen LogP contribution in [-0.2, 0) is 0 Å². The second-order valence-electron chi connectivity index (χ2n) is 18.5. The summed E-state index contributed by atoms with van der Waals surface area (Å²) in [7, 11) is -3.96. The van der Waals surface area contributed by atoms with Gasteiger partial charge in [-0.2, -0.15) is 0 Å². The van der Waals surface area contributed by atoms with Crippen LogP contribution >= 0.6 is 0 Å². The van der Waals surface area contributed by atoms with Gasteiger partial charge in [0.15, 0.2) is 58.0 Å². The van der Waals surface area contributed by atoms with Gasteiger partial charge < -0.3 is 4.57 Å². The molecule has 0 N–H and O–H groups in total. The highest BCUT2D eigenvalue weighted by Gasteiger charge is 2.65. The first-order valence-electron chi connectivity index (χ1n) is 21.6. The molecule has 5 aromatic rings. The van der Waals surface area contributed by atoms with Crippen molar-refractivity contribution in [2.24, 2.45) is 0 Å². The molecule has 5 aromatic carbocycles. The smallest absolute Gasteiger partial charge is 0.310 e. The minimum atomic E-state index is -5.93. The molecule has 0 radical (unpaired) electrons. The molecule has 0 bridgehead atoms. The predicted octanol–water partition coefficient (Wildman–Crippen LogP) is 13.0. The summed E-state index contributed by atoms with van der Waals surface area (Å²) in [5, 5.41) is 0. The van der Waals surface area contributed by atoms with Gasteiger partial charge in [-0.3, -0.25) is 0 Å². The van der Waals surface area contributed by atoms with Gasteiger partial charge in [0, 0.05) is 28.6 Å². The third kappa shape index (κ3) is 7.31. The van der Waals surface area contributed by atoms with Crippen LogP contribution in [0.1, 0.15) is 108 Å². The fourth-order valence-electron chi connectivity index (χ4n) is 9.94. The maximum absolute atomic E-state index is 16.9. The molecule has 2 heterocycles. The number of para-hydroxylation sites is 2. The lowest BCUT2D eigenvalue weighted by molar-refractivity contribution is -0.293. The van der Waals surface area contributed by atoms with Gasteiger partial charge in [0.2, 0.25) is 0 Å². The van der Waals surface area contributed by atoms with E-state index >= 15 is 52.7 Å². The summed E-state index contributed by atoms with van der Waals surface area (Å²) in [5.41, 5.74) is -1.40. The Hall–Kier alpha value is -5.72. The van der Waals surface area contributed by atoms with Gasteiger partial charge in [-0.05, 0) is 53.1 Å². The van der Waals surface area contributed by atoms with Crippen molar-refractivity contribution in [2.45, 2.75) is 92.3 Å². The lowest BCUT2D eigenvalue weighted by Gasteiger charge is -2.45. The Balaban J connectivity index is 1.83. The van der Waals surface area contributed by atoms with Crippen molar-refractivity contribution in [2.75, 3.05) is 4.57 Å². The van der Waals surface area contributed by atoms with Gasteiger partial charge in [-0.25, -0.2) is 70.1 Å². The summed E-state index contributed by atoms with van der Waals surface area (Å²) >= 11 is 0. The van der Waals surface area contributed by atoms with Crippen LogP contribution in [0.25, 0.3) is 0 Å². The normalized spacial score (nSPS) is 14.8. The van der Waals surface area contributed by atoms with E-state index in [1.165, 1.54) is 17.2 Å². The first-order chi connectivity index (χ1) is 31.7. The highest BCUT2D eigenvalue weighted by Crippen LogP contribution is 2.49. The van der Waals surface area contributed by atoms with Gasteiger partial charge in [0.05, 0.1) is 0 Å². The average molecular weight is 983 g/mol. The molecule has 0 aromatic heterocycles. The molecule has 0 saturated carbocycles. The molecule has 2 aliphatic heterocycles. The quantitative estimate of drug-likeness (QED) is 0.0553. The molecule has 0 amide bonds. The summed E-state index contributed by atoms with van der Waals surface area (Å²) in [4.78, 5) is 0. The molecule has 19 heteroatoms. The van der Waals surface area contributed by atoms with Crippen LogP contribution in [0, 0.1) is 87.3 Å². The molecule has 0 atom stereocenters. The van der Waals surface area contributed by atoms with Crippen molar-refractivity contribution < 1.29 is 70.1 Å². The van der Waals surface area contributed by atoms with Crippen LogP contribution in [-0.4, -0.2) is 24.5 Å². The van der Waals surface area contributed by atoms with Crippen LogP contribution in [0.5, 0.6) is 0 Å². The molecule has 7 rings (SSSR count). The minimum absolute atomic E-state index is 0.174. The maximum Gasteiger partial charge on any atom is 0.535 e. The lowest BCUT2D eigenvalue weighted by Crippen LogP contribution is -2.74. The predicted molar refractivity (Wildman–Crippen MR) is 233 cm³/mol. The zero-order valence-corrected chi connectivity index (χ0v) is 38.9. The molecule has 0 aliphatic carbocycles. The Bertz CT molecular complexity index is 2740. The van der Waals surface area contributed by atoms with Crippen molar-refractivity contribution in [3.8, 4) is 0 Å². The molecule has 0 saturated heterocycles. The van der Waals surface area contributed by atoms with Crippen molar-refractivity contribution in [3.63, 3.8) is 0 Å². The van der Waals surface area contributed by atoms with Gasteiger partial charge in [0.1, 0.15) is 46.8 Å². The lowest BCUT2D eigenvalue weighted by atomic mass is 9.13. The molecule has 0 unspecified atom stereocenters. The largest absolute Gasteiger partial charge is 0.535 e. The van der Waals surface area contributed by atoms with E-state index in [4.69, 9.17) is 0 Å². The van der Waals surface area contributed by atoms with Crippen LogP contribution in [0.4, 0.5) is 77.2 Å². The number of benzene rings is 5. The standard InChI is InChI=1S/C49H42BF15N2Si/c1-20(2)26-12-10-13-27(21(3)4)48(26)66-24(9)18-25(67(68(66)16-17-68)49-28(22(5)6)14-11-15-29(49)23(7)8)19-50(30-33(51)39(57)45(63)40(58)34(30)52,31-35(53)41(59)46(64)42(60)36(31)54)32-37(55)43(61)47(65)44(62)38(32)56/h10-18,20-23H,19H2,1-9H3. The maximum atomic E-state index is 16.9. The van der Waals surface area contributed by atoms with Crippen LogP contribution in [0.3, 0.4) is 0 Å². The SMILES string of the molecule is CC1=CC(C[B-](c2c(F)c(F)c(F)c(F)c2F)(c2c(F)c(F)c(F)c(F)c2F)c2c(F)c(F)c(F)c(F)c2F)=[N+](c2c(C(C)C)cccc2C(C)C)[Si]2(C=C2)N1c1c(C(C)C)cccc1C(C)C. The molecule has 68 heavy (non-hydrogen) atoms. The van der Waals surface area contributed by atoms with E-state index in [1.54, 1.807) is 57.3 Å². The van der Waals surface area contributed by atoms with E-state index in [0.717, 1.165) is 11.1 Å². The number of halogens is 15. The Morgan fingerprint density at radius 3 is 1.00 bits per heavy atom. The summed E-state index contributed by atoms with van der Waals surface area (Å²) in [6.07, 6.45) is -6.69. The number of hydrogen-bond acceptors (Lipinski definition) is 1. The molecule has 0 fully saturated rings. The molecule has 360 valence electrons. The fraction of sp³-hybridized carbons (Fsp3) is 0.286. The van der Waals surface area contributed by atoms with Crippen LogP contribution in [0.15, 0.2) is 59.6 Å². The van der Waals surface area contributed by atoms with E-state index in [-0.39, 0.29) is 23.2 Å². The van der Waals surface area contributed by atoms with Crippen molar-refractivity contribution >= 4 is 48.0 Å². The van der Waals surface area contributed by atoms with E-state index in [0.29, 0.717) is 16.8 Å². The van der Waals surface area contributed by atoms with Gasteiger partial charge >= 0.3 is 8.40 Å². The summed E-state index contributed by atoms with van der Waals surface area (Å²) in [5.74, 6) is -46.6. The van der Waals surface area contributed by atoms with E-state index in [2.05, 4.69) is 0 Å². The molecule has 2 aliphatic rings. The van der Waals surface area contributed by atoms with E-state index < -0.39 is 142 Å². The number of allylic oxidation sites excluding steroid dienone is 2. The Labute approximate surface area is 383 Å². The van der Waals surface area contributed by atoms with Gasteiger partial charge in [-0.1, -0.05) is 98.1 Å². The Kier molecular flexibility index (Phi) is 13.0. The first kappa shape index (κ1) is 50.2. The fourth-order valence-corrected chi connectivity index (χ4v) is 13.8. The molecule has 2 nitrogen and oxygen atoms in total. The highest BCUT2D eigenvalue weighted by molar-refractivity contribution is 7.13. The van der Waals surface area contributed by atoms with Crippen LogP contribution in [0.2, 0.25) is 6.32 Å². The number of rotatable bonds is 11. The number of nitrogens with zero attached hydrogens (tertiary/aromatic N) is 2. The van der Waals surface area contributed by atoms with Crippen molar-refractivity contribution in [1.29, 1.82) is 0 Å². The monoisotopic (exact) mass is 982 g/mol. The second kappa shape index (κ2) is 17.7. The zero-order chi connectivity index (χ0) is 50.5. The second-order valence-corrected chi connectivity index (χ2v) is 21.6.